The quantitative estimate of drug-likeness (QED) is 0.432. The SMILES string of the molecule is [CH2-]C(C)(C)C.[Cl-].[Zr+2]. The van der Waals surface area contributed by atoms with Crippen LogP contribution in [0.25, 0.3) is 0 Å². The van der Waals surface area contributed by atoms with Crippen LogP contribution in [0.3, 0.4) is 0 Å². The smallest absolute Gasteiger partial charge is 1.00 e. The summed E-state index contributed by atoms with van der Waals surface area (Å²) in [6.45, 7) is 10.0. The van der Waals surface area contributed by atoms with E-state index in [4.69, 9.17) is 0 Å². The molecule has 0 radical (unpaired) electrons. The van der Waals surface area contributed by atoms with Crippen molar-refractivity contribution < 1.29 is 38.6 Å². The minimum atomic E-state index is 0. The maximum atomic E-state index is 3.77. The van der Waals surface area contributed by atoms with Crippen LogP contribution < -0.4 is 12.4 Å². The first-order valence-electron chi connectivity index (χ1n) is 1.85. The van der Waals surface area contributed by atoms with Gasteiger partial charge in [0.1, 0.15) is 0 Å². The van der Waals surface area contributed by atoms with Crippen LogP contribution in [-0.4, -0.2) is 0 Å². The summed E-state index contributed by atoms with van der Waals surface area (Å²) in [7, 11) is 0. The fraction of sp³-hybridized carbons (Fsp3) is 0.800. The first-order chi connectivity index (χ1) is 2.00. The van der Waals surface area contributed by atoms with Gasteiger partial charge in [-0.25, -0.2) is 0 Å². The molecular formula is C5H11ClZr. The molecular weight excluding hydrogens is 187 g/mol. The van der Waals surface area contributed by atoms with Gasteiger partial charge in [-0.05, 0) is 0 Å². The molecule has 0 spiro atoms. The Morgan fingerprint density at radius 1 is 1.14 bits per heavy atom. The first kappa shape index (κ1) is 15.7. The Hall–Kier alpha value is 1.17. The first-order valence-corrected chi connectivity index (χ1v) is 1.85. The fourth-order valence-corrected chi connectivity index (χ4v) is 0. The molecule has 0 amide bonds. The second-order valence-corrected chi connectivity index (χ2v) is 2.56. The minimum absolute atomic E-state index is 0. The van der Waals surface area contributed by atoms with Crippen molar-refractivity contribution in [3.8, 4) is 0 Å². The van der Waals surface area contributed by atoms with E-state index in [1.165, 1.54) is 0 Å². The normalized spacial score (nSPS) is 8.57. The van der Waals surface area contributed by atoms with Crippen molar-refractivity contribution in [2.45, 2.75) is 20.8 Å². The van der Waals surface area contributed by atoms with E-state index in [2.05, 4.69) is 27.7 Å². The van der Waals surface area contributed by atoms with E-state index >= 15 is 0 Å². The van der Waals surface area contributed by atoms with Gasteiger partial charge in [-0.15, -0.1) is 0 Å². The molecule has 0 saturated carbocycles. The third-order valence-corrected chi connectivity index (χ3v) is 0. The summed E-state index contributed by atoms with van der Waals surface area (Å²) >= 11 is 0. The molecule has 0 aromatic rings. The van der Waals surface area contributed by atoms with E-state index in [-0.39, 0.29) is 44.0 Å². The molecule has 0 nitrogen and oxygen atoms in total. The molecule has 0 aliphatic rings. The standard InChI is InChI=1S/C5H11.ClH.Zr/c1-5(2,3)4;;/h1H2,2-4H3;1H;/q-1;;+2/p-1. The molecule has 0 rings (SSSR count). The predicted octanol–water partition coefficient (Wildman–Crippen LogP) is -1.13. The number of hydrogen-bond donors (Lipinski definition) is 0. The van der Waals surface area contributed by atoms with Crippen molar-refractivity contribution in [1.82, 2.24) is 0 Å². The maximum Gasteiger partial charge on any atom is 2.00 e. The average Bonchev–Trinajstić information content (AvgIpc) is 0.722. The predicted molar refractivity (Wildman–Crippen MR) is 24.8 cm³/mol. The van der Waals surface area contributed by atoms with Crippen molar-refractivity contribution in [3.05, 3.63) is 6.92 Å². The van der Waals surface area contributed by atoms with Crippen LogP contribution in [0.5, 0.6) is 0 Å². The van der Waals surface area contributed by atoms with E-state index in [9.17, 15) is 0 Å². The van der Waals surface area contributed by atoms with Gasteiger partial charge in [-0.3, -0.25) is 0 Å². The summed E-state index contributed by atoms with van der Waals surface area (Å²) in [5.41, 5.74) is 0.250. The van der Waals surface area contributed by atoms with Gasteiger partial charge >= 0.3 is 26.2 Å². The Morgan fingerprint density at radius 2 is 1.14 bits per heavy atom. The van der Waals surface area contributed by atoms with Crippen LogP contribution in [-0.2, 0) is 26.2 Å². The van der Waals surface area contributed by atoms with Crippen LogP contribution in [0.15, 0.2) is 0 Å². The second-order valence-electron chi connectivity index (χ2n) is 2.56. The van der Waals surface area contributed by atoms with Gasteiger partial charge < -0.3 is 19.3 Å². The number of halogens is 1. The Bertz CT molecular complexity index is 23.6. The van der Waals surface area contributed by atoms with E-state index in [1.54, 1.807) is 0 Å². The van der Waals surface area contributed by atoms with Crippen molar-refractivity contribution in [2.24, 2.45) is 5.41 Å². The summed E-state index contributed by atoms with van der Waals surface area (Å²) in [6, 6.07) is 0. The van der Waals surface area contributed by atoms with Crippen LogP contribution in [0.4, 0.5) is 0 Å². The Balaban J connectivity index is -0.0000000800. The Labute approximate surface area is 71.6 Å². The molecule has 0 saturated heterocycles. The zero-order valence-corrected chi connectivity index (χ0v) is 8.30. The molecule has 0 N–H and O–H groups in total. The van der Waals surface area contributed by atoms with Gasteiger partial charge in [-0.1, -0.05) is 20.8 Å². The summed E-state index contributed by atoms with van der Waals surface area (Å²) in [5, 5.41) is 0. The fourth-order valence-electron chi connectivity index (χ4n) is 0. The molecule has 0 aromatic carbocycles. The molecule has 0 fully saturated rings. The second kappa shape index (κ2) is 5.31. The third kappa shape index (κ3) is 139. The molecule has 0 atom stereocenters. The van der Waals surface area contributed by atoms with Gasteiger partial charge in [0.2, 0.25) is 0 Å². The molecule has 0 bridgehead atoms. The summed E-state index contributed by atoms with van der Waals surface area (Å²) in [6.07, 6.45) is 0. The van der Waals surface area contributed by atoms with Gasteiger partial charge in [0.05, 0.1) is 0 Å². The van der Waals surface area contributed by atoms with Crippen LogP contribution >= 0.6 is 0 Å². The monoisotopic (exact) mass is 196 g/mol. The van der Waals surface area contributed by atoms with E-state index in [1.807, 2.05) is 0 Å². The molecule has 0 aromatic heterocycles. The van der Waals surface area contributed by atoms with Crippen molar-refractivity contribution in [1.29, 1.82) is 0 Å². The van der Waals surface area contributed by atoms with Gasteiger partial charge in [0, 0.05) is 0 Å². The molecule has 7 heavy (non-hydrogen) atoms. The van der Waals surface area contributed by atoms with Crippen molar-refractivity contribution in [3.63, 3.8) is 0 Å². The van der Waals surface area contributed by atoms with E-state index in [0.717, 1.165) is 0 Å². The van der Waals surface area contributed by atoms with Crippen LogP contribution in [0.1, 0.15) is 20.8 Å². The summed E-state index contributed by atoms with van der Waals surface area (Å²) in [4.78, 5) is 0. The van der Waals surface area contributed by atoms with E-state index in [0.29, 0.717) is 0 Å². The maximum absolute atomic E-state index is 3.77. The van der Waals surface area contributed by atoms with Crippen LogP contribution in [0.2, 0.25) is 0 Å². The molecule has 0 unspecified atom stereocenters. The van der Waals surface area contributed by atoms with E-state index < -0.39 is 0 Å². The minimum Gasteiger partial charge on any atom is -1.00 e. The molecule has 0 aliphatic heterocycles. The van der Waals surface area contributed by atoms with Crippen molar-refractivity contribution in [2.75, 3.05) is 0 Å². The average molecular weight is 198 g/mol. The third-order valence-electron chi connectivity index (χ3n) is 0. The van der Waals surface area contributed by atoms with Crippen molar-refractivity contribution >= 4 is 0 Å². The number of rotatable bonds is 0. The van der Waals surface area contributed by atoms with Gasteiger partial charge in [-0.2, -0.15) is 5.41 Å². The van der Waals surface area contributed by atoms with Gasteiger partial charge in [0.15, 0.2) is 0 Å². The molecule has 42 valence electrons. The molecule has 0 heterocycles. The molecule has 0 aliphatic carbocycles. The van der Waals surface area contributed by atoms with Gasteiger partial charge in [0.25, 0.3) is 0 Å². The Morgan fingerprint density at radius 3 is 1.14 bits per heavy atom. The van der Waals surface area contributed by atoms with Crippen LogP contribution in [0, 0.1) is 12.3 Å². The molecule has 2 heteroatoms. The summed E-state index contributed by atoms with van der Waals surface area (Å²) < 4.78 is 0. The Kier molecular flexibility index (Phi) is 11.9. The number of hydrogen-bond acceptors (Lipinski definition) is 0. The zero-order chi connectivity index (χ0) is 4.50. The summed E-state index contributed by atoms with van der Waals surface area (Å²) in [5.74, 6) is 0. The zero-order valence-electron chi connectivity index (χ0n) is 5.09. The largest absolute Gasteiger partial charge is 2.00 e. The topological polar surface area (TPSA) is 0 Å².